The highest BCUT2D eigenvalue weighted by Crippen LogP contribution is 2.10. The van der Waals surface area contributed by atoms with E-state index in [1.807, 2.05) is 0 Å². The van der Waals surface area contributed by atoms with Crippen molar-refractivity contribution in [1.82, 2.24) is 4.72 Å². The van der Waals surface area contributed by atoms with Crippen molar-refractivity contribution in [3.8, 4) is 0 Å². The molecule has 0 radical (unpaired) electrons. The Kier molecular flexibility index (Phi) is 4.36. The van der Waals surface area contributed by atoms with E-state index in [1.54, 1.807) is 42.5 Å². The number of nitrogens with one attached hydrogen (secondary N) is 1. The molecule has 0 saturated heterocycles. The monoisotopic (exact) mass is 294 g/mol. The maximum Gasteiger partial charge on any atom is 0.216 e. The second kappa shape index (κ2) is 6.02. The number of nitrogen functional groups attached to an aromatic ring is 1. The number of rotatable bonds is 5. The highest BCUT2D eigenvalue weighted by molar-refractivity contribution is 7.88. The molecule has 0 heterocycles. The quantitative estimate of drug-likeness (QED) is 0.829. The Morgan fingerprint density at radius 2 is 1.70 bits per heavy atom. The molecule has 0 bridgehead atoms. The van der Waals surface area contributed by atoms with Gasteiger partial charge in [-0.25, -0.2) is 17.5 Å². The molecule has 0 spiro atoms. The lowest BCUT2D eigenvalue weighted by molar-refractivity contribution is 0.573. The van der Waals surface area contributed by atoms with E-state index in [9.17, 15) is 12.8 Å². The van der Waals surface area contributed by atoms with E-state index in [-0.39, 0.29) is 12.3 Å². The zero-order chi connectivity index (χ0) is 14.6. The molecule has 6 heteroatoms. The minimum atomic E-state index is -3.52. The van der Waals surface area contributed by atoms with Crippen LogP contribution in [0.5, 0.6) is 0 Å². The molecule has 3 N–H and O–H groups in total. The summed E-state index contributed by atoms with van der Waals surface area (Å²) in [5.74, 6) is -0.593. The van der Waals surface area contributed by atoms with Crippen LogP contribution >= 0.6 is 0 Å². The van der Waals surface area contributed by atoms with E-state index >= 15 is 0 Å². The van der Waals surface area contributed by atoms with Crippen LogP contribution in [0.15, 0.2) is 48.5 Å². The predicted molar refractivity (Wildman–Crippen MR) is 76.7 cm³/mol. The Morgan fingerprint density at radius 1 is 1.05 bits per heavy atom. The molecule has 106 valence electrons. The minimum Gasteiger partial charge on any atom is -0.399 e. The number of hydrogen-bond donors (Lipinski definition) is 2. The summed E-state index contributed by atoms with van der Waals surface area (Å²) in [5.41, 5.74) is 7.05. The first kappa shape index (κ1) is 14.5. The van der Waals surface area contributed by atoms with Gasteiger partial charge in [0.15, 0.2) is 0 Å². The van der Waals surface area contributed by atoms with Gasteiger partial charge in [0.1, 0.15) is 5.82 Å². The second-order valence-electron chi connectivity index (χ2n) is 4.41. The molecule has 0 fully saturated rings. The van der Waals surface area contributed by atoms with E-state index in [1.165, 1.54) is 6.07 Å². The molecule has 2 rings (SSSR count). The molecule has 0 saturated carbocycles. The predicted octanol–water partition coefficient (Wildman–Crippen LogP) is 2.03. The third-order valence-electron chi connectivity index (χ3n) is 2.78. The Labute approximate surface area is 117 Å². The van der Waals surface area contributed by atoms with Crippen LogP contribution < -0.4 is 10.5 Å². The SMILES string of the molecule is Nc1ccc(CS(=O)(=O)NCc2ccccc2F)cc1. The molecule has 0 amide bonds. The van der Waals surface area contributed by atoms with Gasteiger partial charge in [-0.05, 0) is 23.8 Å². The van der Waals surface area contributed by atoms with Crippen LogP contribution in [0.25, 0.3) is 0 Å². The number of halogens is 1. The van der Waals surface area contributed by atoms with E-state index in [4.69, 9.17) is 5.73 Å². The molecule has 2 aromatic rings. The van der Waals surface area contributed by atoms with Crippen molar-refractivity contribution in [2.45, 2.75) is 12.3 Å². The molecule has 0 aliphatic rings. The molecular weight excluding hydrogens is 279 g/mol. The topological polar surface area (TPSA) is 72.2 Å². The first-order chi connectivity index (χ1) is 9.46. The smallest absolute Gasteiger partial charge is 0.216 e. The highest BCUT2D eigenvalue weighted by Gasteiger charge is 2.12. The van der Waals surface area contributed by atoms with Crippen LogP contribution in [0.2, 0.25) is 0 Å². The van der Waals surface area contributed by atoms with E-state index in [0.29, 0.717) is 16.8 Å². The molecule has 0 atom stereocenters. The lowest BCUT2D eigenvalue weighted by atomic mass is 10.2. The Hall–Kier alpha value is -1.92. The molecule has 0 aliphatic heterocycles. The summed E-state index contributed by atoms with van der Waals surface area (Å²) in [5, 5.41) is 0. The van der Waals surface area contributed by atoms with Gasteiger partial charge in [-0.3, -0.25) is 0 Å². The van der Waals surface area contributed by atoms with Crippen molar-refractivity contribution < 1.29 is 12.8 Å². The van der Waals surface area contributed by atoms with Crippen LogP contribution in [0.4, 0.5) is 10.1 Å². The van der Waals surface area contributed by atoms with Crippen LogP contribution in [0.1, 0.15) is 11.1 Å². The first-order valence-corrected chi connectivity index (χ1v) is 7.67. The molecule has 20 heavy (non-hydrogen) atoms. The van der Waals surface area contributed by atoms with Crippen LogP contribution in [-0.2, 0) is 22.3 Å². The number of anilines is 1. The summed E-state index contributed by atoms with van der Waals surface area (Å²) in [4.78, 5) is 0. The van der Waals surface area contributed by atoms with Crippen molar-refractivity contribution in [3.05, 3.63) is 65.5 Å². The first-order valence-electron chi connectivity index (χ1n) is 6.01. The number of sulfonamides is 1. The van der Waals surface area contributed by atoms with Crippen LogP contribution in [0, 0.1) is 5.82 Å². The van der Waals surface area contributed by atoms with Crippen LogP contribution in [-0.4, -0.2) is 8.42 Å². The van der Waals surface area contributed by atoms with Gasteiger partial charge in [-0.2, -0.15) is 0 Å². The van der Waals surface area contributed by atoms with Gasteiger partial charge < -0.3 is 5.73 Å². The average Bonchev–Trinajstić information content (AvgIpc) is 2.40. The van der Waals surface area contributed by atoms with Gasteiger partial charge in [0.25, 0.3) is 0 Å². The fraction of sp³-hybridized carbons (Fsp3) is 0.143. The van der Waals surface area contributed by atoms with E-state index in [2.05, 4.69) is 4.72 Å². The lowest BCUT2D eigenvalue weighted by Crippen LogP contribution is -2.25. The minimum absolute atomic E-state index is 0.0655. The van der Waals surface area contributed by atoms with Gasteiger partial charge in [0.2, 0.25) is 10.0 Å². The van der Waals surface area contributed by atoms with Gasteiger partial charge in [0.05, 0.1) is 5.75 Å². The zero-order valence-electron chi connectivity index (χ0n) is 10.7. The maximum atomic E-state index is 13.4. The largest absolute Gasteiger partial charge is 0.399 e. The molecule has 2 aromatic carbocycles. The fourth-order valence-electron chi connectivity index (χ4n) is 1.71. The molecule has 0 aliphatic carbocycles. The van der Waals surface area contributed by atoms with Gasteiger partial charge in [-0.1, -0.05) is 30.3 Å². The summed E-state index contributed by atoms with van der Waals surface area (Å²) in [7, 11) is -3.52. The zero-order valence-corrected chi connectivity index (χ0v) is 11.5. The molecule has 0 unspecified atom stereocenters. The van der Waals surface area contributed by atoms with Crippen molar-refractivity contribution in [1.29, 1.82) is 0 Å². The lowest BCUT2D eigenvalue weighted by Gasteiger charge is -2.08. The Bertz CT molecular complexity index is 685. The molecular formula is C14H15FN2O2S. The van der Waals surface area contributed by atoms with Gasteiger partial charge >= 0.3 is 0 Å². The van der Waals surface area contributed by atoms with Crippen LogP contribution in [0.3, 0.4) is 0 Å². The highest BCUT2D eigenvalue weighted by atomic mass is 32.2. The van der Waals surface area contributed by atoms with Gasteiger partial charge in [-0.15, -0.1) is 0 Å². The third-order valence-corrected chi connectivity index (χ3v) is 4.07. The molecule has 4 nitrogen and oxygen atoms in total. The van der Waals surface area contributed by atoms with Crippen molar-refractivity contribution in [2.24, 2.45) is 0 Å². The standard InChI is InChI=1S/C14H15FN2O2S/c15-14-4-2-1-3-12(14)9-17-20(18,19)10-11-5-7-13(16)8-6-11/h1-8,17H,9-10,16H2. The third kappa shape index (κ3) is 4.04. The number of nitrogens with two attached hydrogens (primary N) is 1. The van der Waals surface area contributed by atoms with E-state index < -0.39 is 15.8 Å². The Morgan fingerprint density at radius 3 is 2.35 bits per heavy atom. The van der Waals surface area contributed by atoms with Crippen molar-refractivity contribution in [3.63, 3.8) is 0 Å². The van der Waals surface area contributed by atoms with Crippen molar-refractivity contribution in [2.75, 3.05) is 5.73 Å². The maximum absolute atomic E-state index is 13.4. The van der Waals surface area contributed by atoms with E-state index in [0.717, 1.165) is 0 Å². The summed E-state index contributed by atoms with van der Waals surface area (Å²) in [6.07, 6.45) is 0. The summed E-state index contributed by atoms with van der Waals surface area (Å²) >= 11 is 0. The summed E-state index contributed by atoms with van der Waals surface area (Å²) in [6, 6.07) is 12.6. The van der Waals surface area contributed by atoms with Crippen molar-refractivity contribution >= 4 is 15.7 Å². The second-order valence-corrected chi connectivity index (χ2v) is 6.22. The molecule has 0 aromatic heterocycles. The number of hydrogen-bond acceptors (Lipinski definition) is 3. The normalized spacial score (nSPS) is 11.4. The fourth-order valence-corrected chi connectivity index (χ4v) is 2.82. The van der Waals surface area contributed by atoms with Gasteiger partial charge in [0, 0.05) is 17.8 Å². The summed E-state index contributed by atoms with van der Waals surface area (Å²) in [6.45, 7) is -0.0655. The number of benzene rings is 2. The summed E-state index contributed by atoms with van der Waals surface area (Å²) < 4.78 is 39.6. The Balaban J connectivity index is 2.01. The average molecular weight is 294 g/mol.